The van der Waals surface area contributed by atoms with Gasteiger partial charge in [-0.15, -0.1) is 0 Å². The highest BCUT2D eigenvalue weighted by Crippen LogP contribution is 2.37. The molecule has 1 aliphatic heterocycles. The van der Waals surface area contributed by atoms with Gasteiger partial charge in [0.05, 0.1) is 18.7 Å². The molecule has 0 saturated carbocycles. The monoisotopic (exact) mass is 478 g/mol. The van der Waals surface area contributed by atoms with Crippen LogP contribution in [-0.4, -0.2) is 23.2 Å². The molecule has 3 aromatic carbocycles. The first-order chi connectivity index (χ1) is 16.5. The minimum atomic E-state index is -0.495. The Bertz CT molecular complexity index is 1280. The fraction of sp³-hybridized carbons (Fsp3) is 0.286. The summed E-state index contributed by atoms with van der Waals surface area (Å²) >= 11 is 5.94. The second-order valence-electron chi connectivity index (χ2n) is 8.94. The van der Waals surface area contributed by atoms with Crippen molar-refractivity contribution in [3.8, 4) is 16.9 Å². The number of halogens is 2. The lowest BCUT2D eigenvalue weighted by Crippen LogP contribution is -2.35. The van der Waals surface area contributed by atoms with E-state index in [1.165, 1.54) is 6.07 Å². The van der Waals surface area contributed by atoms with E-state index in [0.717, 1.165) is 58.3 Å². The van der Waals surface area contributed by atoms with Gasteiger partial charge in [0.15, 0.2) is 0 Å². The van der Waals surface area contributed by atoms with E-state index < -0.39 is 6.10 Å². The Hall–Kier alpha value is -2.86. The smallest absolute Gasteiger partial charge is 0.147 e. The van der Waals surface area contributed by atoms with E-state index in [9.17, 15) is 9.50 Å². The Kier molecular flexibility index (Phi) is 6.59. The molecule has 5 rings (SSSR count). The van der Waals surface area contributed by atoms with Gasteiger partial charge in [0, 0.05) is 35.1 Å². The van der Waals surface area contributed by atoms with Gasteiger partial charge in [-0.05, 0) is 71.8 Å². The number of nitrogens with one attached hydrogen (secondary N) is 2. The zero-order valence-electron chi connectivity index (χ0n) is 19.1. The van der Waals surface area contributed by atoms with Crippen LogP contribution in [0.5, 0.6) is 5.75 Å². The van der Waals surface area contributed by atoms with E-state index in [2.05, 4.69) is 10.3 Å². The molecule has 0 fully saturated rings. The highest BCUT2D eigenvalue weighted by Gasteiger charge is 2.25. The number of aliphatic hydroxyl groups excluding tert-OH is 1. The zero-order valence-corrected chi connectivity index (χ0v) is 19.8. The summed E-state index contributed by atoms with van der Waals surface area (Å²) in [4.78, 5) is 3.38. The summed E-state index contributed by atoms with van der Waals surface area (Å²) in [5.74, 6) is 0.563. The Morgan fingerprint density at radius 3 is 2.59 bits per heavy atom. The third-order valence-electron chi connectivity index (χ3n) is 6.80. The summed E-state index contributed by atoms with van der Waals surface area (Å²) < 4.78 is 20.0. The van der Waals surface area contributed by atoms with Crippen molar-refractivity contribution in [2.75, 3.05) is 7.11 Å². The topological polar surface area (TPSA) is 57.3 Å². The maximum atomic E-state index is 14.8. The molecule has 2 atom stereocenters. The summed E-state index contributed by atoms with van der Waals surface area (Å²) in [6.07, 6.45) is 2.83. The number of H-pyrrole nitrogens is 1. The highest BCUT2D eigenvalue weighted by molar-refractivity contribution is 6.30. The fourth-order valence-corrected chi connectivity index (χ4v) is 5.07. The van der Waals surface area contributed by atoms with Gasteiger partial charge in [0.2, 0.25) is 0 Å². The van der Waals surface area contributed by atoms with Gasteiger partial charge in [-0.1, -0.05) is 41.9 Å². The van der Waals surface area contributed by atoms with Crippen molar-refractivity contribution in [1.82, 2.24) is 10.3 Å². The van der Waals surface area contributed by atoms with Crippen LogP contribution < -0.4 is 10.1 Å². The van der Waals surface area contributed by atoms with E-state index in [1.54, 1.807) is 19.2 Å². The molecule has 1 aromatic heterocycles. The van der Waals surface area contributed by atoms with E-state index >= 15 is 0 Å². The Labute approximate surface area is 203 Å². The standard InChI is InChI=1S/C28H28ClFN2O2/c1-34-21-11-7-17(8-12-21)22-13-14-24(30)28-27(22)23-16-31-20(15-25(23)32-28)3-2-4-26(33)18-5-9-19(29)10-6-18/h5-14,20,26,31-33H,2-4,15-16H2,1H3. The molecule has 176 valence electrons. The summed E-state index contributed by atoms with van der Waals surface area (Å²) in [6.45, 7) is 0.687. The van der Waals surface area contributed by atoms with Crippen molar-refractivity contribution >= 4 is 22.5 Å². The first-order valence-electron chi connectivity index (χ1n) is 11.7. The lowest BCUT2D eigenvalue weighted by molar-refractivity contribution is 0.162. The molecule has 4 aromatic rings. The van der Waals surface area contributed by atoms with Crippen LogP contribution in [0.2, 0.25) is 5.02 Å². The van der Waals surface area contributed by atoms with Crippen molar-refractivity contribution in [2.24, 2.45) is 0 Å². The Balaban J connectivity index is 1.31. The summed E-state index contributed by atoms with van der Waals surface area (Å²) in [5, 5.41) is 15.7. The predicted molar refractivity (Wildman–Crippen MR) is 135 cm³/mol. The van der Waals surface area contributed by atoms with Gasteiger partial charge in [0.25, 0.3) is 0 Å². The first-order valence-corrected chi connectivity index (χ1v) is 12.0. The normalized spacial score (nSPS) is 16.4. The molecule has 3 N–H and O–H groups in total. The minimum absolute atomic E-state index is 0.232. The lowest BCUT2D eigenvalue weighted by Gasteiger charge is -2.25. The molecule has 0 spiro atoms. The minimum Gasteiger partial charge on any atom is -0.497 e. The molecular formula is C28H28ClFN2O2. The average Bonchev–Trinajstić information content (AvgIpc) is 3.24. The van der Waals surface area contributed by atoms with Crippen LogP contribution in [0.15, 0.2) is 60.7 Å². The third kappa shape index (κ3) is 4.56. The second-order valence-corrected chi connectivity index (χ2v) is 9.37. The third-order valence-corrected chi connectivity index (χ3v) is 7.05. The van der Waals surface area contributed by atoms with Crippen molar-refractivity contribution < 1.29 is 14.2 Å². The van der Waals surface area contributed by atoms with Crippen molar-refractivity contribution in [3.05, 3.63) is 88.3 Å². The van der Waals surface area contributed by atoms with Gasteiger partial charge in [-0.3, -0.25) is 0 Å². The zero-order chi connectivity index (χ0) is 23.7. The molecule has 0 saturated heterocycles. The van der Waals surface area contributed by atoms with Gasteiger partial charge >= 0.3 is 0 Å². The molecule has 6 heteroatoms. The van der Waals surface area contributed by atoms with Gasteiger partial charge in [-0.2, -0.15) is 0 Å². The average molecular weight is 479 g/mol. The number of aliphatic hydroxyl groups is 1. The number of methoxy groups -OCH3 is 1. The van der Waals surface area contributed by atoms with Crippen molar-refractivity contribution in [1.29, 1.82) is 0 Å². The van der Waals surface area contributed by atoms with E-state index in [-0.39, 0.29) is 11.9 Å². The molecule has 4 nitrogen and oxygen atoms in total. The van der Waals surface area contributed by atoms with Crippen LogP contribution in [-0.2, 0) is 13.0 Å². The SMILES string of the molecule is COc1ccc(-c2ccc(F)c3[nH]c4c(c23)CNC(CCCC(O)c2ccc(Cl)cc2)C4)cc1. The van der Waals surface area contributed by atoms with Crippen LogP contribution in [0.3, 0.4) is 0 Å². The van der Waals surface area contributed by atoms with E-state index in [0.29, 0.717) is 23.5 Å². The molecule has 0 radical (unpaired) electrons. The number of hydrogen-bond acceptors (Lipinski definition) is 3. The number of hydrogen-bond donors (Lipinski definition) is 3. The number of aromatic amines is 1. The van der Waals surface area contributed by atoms with E-state index in [1.807, 2.05) is 42.5 Å². The van der Waals surface area contributed by atoms with Gasteiger partial charge < -0.3 is 20.1 Å². The second kappa shape index (κ2) is 9.79. The molecule has 0 bridgehead atoms. The van der Waals surface area contributed by atoms with Crippen LogP contribution in [0.25, 0.3) is 22.0 Å². The predicted octanol–water partition coefficient (Wildman–Crippen LogP) is 6.55. The molecule has 1 aliphatic rings. The van der Waals surface area contributed by atoms with Crippen molar-refractivity contribution in [3.63, 3.8) is 0 Å². The summed E-state index contributed by atoms with van der Waals surface area (Å²) in [7, 11) is 1.65. The highest BCUT2D eigenvalue weighted by atomic mass is 35.5. The van der Waals surface area contributed by atoms with Crippen LogP contribution in [0.4, 0.5) is 4.39 Å². The Morgan fingerprint density at radius 1 is 1.09 bits per heavy atom. The van der Waals surface area contributed by atoms with Crippen LogP contribution >= 0.6 is 11.6 Å². The number of benzene rings is 3. The Morgan fingerprint density at radius 2 is 1.85 bits per heavy atom. The van der Waals surface area contributed by atoms with Gasteiger partial charge in [0.1, 0.15) is 11.6 Å². The summed E-state index contributed by atoms with van der Waals surface area (Å²) in [5.41, 5.74) is 5.74. The maximum absolute atomic E-state index is 14.8. The quantitative estimate of drug-likeness (QED) is 0.282. The fourth-order valence-electron chi connectivity index (χ4n) is 4.95. The molecule has 2 unspecified atom stereocenters. The molecular weight excluding hydrogens is 451 g/mol. The van der Waals surface area contributed by atoms with Crippen molar-refractivity contribution in [2.45, 2.75) is 44.4 Å². The maximum Gasteiger partial charge on any atom is 0.147 e. The largest absolute Gasteiger partial charge is 0.497 e. The number of ether oxygens (including phenoxy) is 1. The van der Waals surface area contributed by atoms with Gasteiger partial charge in [-0.25, -0.2) is 4.39 Å². The number of aromatic nitrogens is 1. The molecule has 0 aliphatic carbocycles. The molecule has 34 heavy (non-hydrogen) atoms. The molecule has 0 amide bonds. The van der Waals surface area contributed by atoms with E-state index in [4.69, 9.17) is 16.3 Å². The molecule has 2 heterocycles. The number of fused-ring (bicyclic) bond motifs is 3. The lowest BCUT2D eigenvalue weighted by atomic mass is 9.93. The van der Waals surface area contributed by atoms with Crippen LogP contribution in [0, 0.1) is 5.82 Å². The number of rotatable bonds is 7. The summed E-state index contributed by atoms with van der Waals surface area (Å²) in [6, 6.07) is 18.9. The van der Waals surface area contributed by atoms with Crippen LogP contribution in [0.1, 0.15) is 42.2 Å². The first kappa shape index (κ1) is 22.9.